The van der Waals surface area contributed by atoms with E-state index in [4.69, 9.17) is 4.74 Å². The van der Waals surface area contributed by atoms with Crippen LogP contribution >= 0.6 is 0 Å². The van der Waals surface area contributed by atoms with Gasteiger partial charge in [-0.25, -0.2) is 8.42 Å². The molecule has 0 saturated heterocycles. The van der Waals surface area contributed by atoms with Crippen LogP contribution in [0, 0.1) is 22.5 Å². The maximum absolute atomic E-state index is 12.7. The highest BCUT2D eigenvalue weighted by atomic mass is 32.2. The topological polar surface area (TPSA) is 128 Å². The molecule has 2 aromatic carbocycles. The molecule has 9 nitrogen and oxygen atoms in total. The molecule has 1 amide bonds. The molecule has 0 atom stereocenters. The Hall–Kier alpha value is -3.14. The van der Waals surface area contributed by atoms with Gasteiger partial charge in [0, 0.05) is 12.1 Å². The first-order valence-electron chi connectivity index (χ1n) is 8.36. The Kier molecular flexibility index (Phi) is 4.76. The van der Waals surface area contributed by atoms with Crippen LogP contribution in [-0.2, 0) is 14.8 Å². The summed E-state index contributed by atoms with van der Waals surface area (Å²) in [5.74, 6) is 0.175. The van der Waals surface area contributed by atoms with Crippen molar-refractivity contribution in [2.24, 2.45) is 5.41 Å². The van der Waals surface area contributed by atoms with Crippen LogP contribution in [0.2, 0.25) is 0 Å². The van der Waals surface area contributed by atoms with Gasteiger partial charge in [-0.05, 0) is 44.5 Å². The number of carbonyl (C=O) groups is 1. The first-order valence-corrected chi connectivity index (χ1v) is 9.84. The summed E-state index contributed by atoms with van der Waals surface area (Å²) in [6.45, 7) is 5.21. The van der Waals surface area contributed by atoms with Crippen molar-refractivity contribution in [3.05, 3.63) is 52.1 Å². The Morgan fingerprint density at radius 2 is 1.93 bits per heavy atom. The second-order valence-electron chi connectivity index (χ2n) is 7.15. The van der Waals surface area contributed by atoms with Gasteiger partial charge in [-0.3, -0.25) is 19.6 Å². The predicted molar refractivity (Wildman–Crippen MR) is 103 cm³/mol. The normalized spacial score (nSPS) is 15.6. The summed E-state index contributed by atoms with van der Waals surface area (Å²) in [5, 5.41) is 13.7. The Morgan fingerprint density at radius 3 is 2.61 bits per heavy atom. The van der Waals surface area contributed by atoms with Gasteiger partial charge in [0.05, 0.1) is 26.6 Å². The van der Waals surface area contributed by atoms with Crippen molar-refractivity contribution in [3.63, 3.8) is 0 Å². The minimum atomic E-state index is -4.08. The smallest absolute Gasteiger partial charge is 0.270 e. The lowest BCUT2D eigenvalue weighted by Crippen LogP contribution is -2.33. The number of nitro benzene ring substituents is 1. The van der Waals surface area contributed by atoms with Gasteiger partial charge in [-0.1, -0.05) is 6.07 Å². The predicted octanol–water partition coefficient (Wildman–Crippen LogP) is 3.06. The lowest BCUT2D eigenvalue weighted by Gasteiger charge is -2.18. The molecular weight excluding hydrogens is 386 g/mol. The van der Waals surface area contributed by atoms with Crippen LogP contribution in [0.4, 0.5) is 17.1 Å². The summed E-state index contributed by atoms with van der Waals surface area (Å²) in [5.41, 5.74) is -0.166. The fraction of sp³-hybridized carbons (Fsp3) is 0.278. The Morgan fingerprint density at radius 1 is 1.21 bits per heavy atom. The van der Waals surface area contributed by atoms with E-state index >= 15 is 0 Å². The quantitative estimate of drug-likeness (QED) is 0.594. The zero-order chi connectivity index (χ0) is 20.7. The van der Waals surface area contributed by atoms with E-state index in [0.29, 0.717) is 17.0 Å². The van der Waals surface area contributed by atoms with E-state index in [1.807, 2.05) is 0 Å². The summed E-state index contributed by atoms with van der Waals surface area (Å²) in [7, 11) is -4.08. The summed E-state index contributed by atoms with van der Waals surface area (Å²) < 4.78 is 33.5. The molecule has 0 saturated carbocycles. The number of benzene rings is 2. The van der Waals surface area contributed by atoms with Crippen LogP contribution < -0.4 is 14.8 Å². The number of nitrogens with zero attached hydrogens (tertiary/aromatic N) is 1. The first-order chi connectivity index (χ1) is 13.0. The lowest BCUT2D eigenvalue weighted by atomic mass is 9.94. The van der Waals surface area contributed by atoms with E-state index in [2.05, 4.69) is 10.0 Å². The number of nitro groups is 1. The molecule has 0 unspecified atom stereocenters. The molecule has 28 heavy (non-hydrogen) atoms. The standard InChI is InChI=1S/C18H19N3O6S/c1-11-4-6-13(21(23)24)9-16(11)28(25,26)20-12-5-7-15-14(8-12)19-17(22)18(2,3)10-27-15/h4-9,20H,10H2,1-3H3,(H,19,22). The molecular formula is C18H19N3O6S. The zero-order valence-electron chi connectivity index (χ0n) is 15.5. The number of ether oxygens (including phenoxy) is 1. The van der Waals surface area contributed by atoms with Crippen LogP contribution in [0.25, 0.3) is 0 Å². The number of hydrogen-bond acceptors (Lipinski definition) is 6. The maximum Gasteiger partial charge on any atom is 0.270 e. The van der Waals surface area contributed by atoms with Crippen LogP contribution in [0.1, 0.15) is 19.4 Å². The van der Waals surface area contributed by atoms with E-state index < -0.39 is 20.4 Å². The van der Waals surface area contributed by atoms with Gasteiger partial charge in [0.25, 0.3) is 15.7 Å². The molecule has 2 N–H and O–H groups in total. The van der Waals surface area contributed by atoms with Crippen molar-refractivity contribution in [1.82, 2.24) is 0 Å². The van der Waals surface area contributed by atoms with Crippen molar-refractivity contribution < 1.29 is 22.9 Å². The third-order valence-electron chi connectivity index (χ3n) is 4.36. The highest BCUT2D eigenvalue weighted by Gasteiger charge is 2.32. The number of aryl methyl sites for hydroxylation is 1. The number of non-ortho nitro benzene ring substituents is 1. The highest BCUT2D eigenvalue weighted by Crippen LogP contribution is 2.35. The highest BCUT2D eigenvalue weighted by molar-refractivity contribution is 7.92. The molecule has 1 aliphatic rings. The maximum atomic E-state index is 12.7. The van der Waals surface area contributed by atoms with E-state index in [9.17, 15) is 23.3 Å². The summed E-state index contributed by atoms with van der Waals surface area (Å²) in [4.78, 5) is 22.4. The number of amides is 1. The van der Waals surface area contributed by atoms with E-state index in [-0.39, 0.29) is 28.8 Å². The molecule has 3 rings (SSSR count). The molecule has 0 fully saturated rings. The van der Waals surface area contributed by atoms with Crippen molar-refractivity contribution in [3.8, 4) is 5.75 Å². The third kappa shape index (κ3) is 3.77. The number of fused-ring (bicyclic) bond motifs is 1. The van der Waals surface area contributed by atoms with Gasteiger partial charge >= 0.3 is 0 Å². The monoisotopic (exact) mass is 405 g/mol. The van der Waals surface area contributed by atoms with Gasteiger partial charge in [0.1, 0.15) is 12.4 Å². The van der Waals surface area contributed by atoms with Crippen molar-refractivity contribution >= 4 is 33.0 Å². The minimum absolute atomic E-state index is 0.184. The van der Waals surface area contributed by atoms with E-state index in [1.165, 1.54) is 24.3 Å². The number of anilines is 2. The summed E-state index contributed by atoms with van der Waals surface area (Å²) >= 11 is 0. The van der Waals surface area contributed by atoms with Gasteiger partial charge in [-0.2, -0.15) is 0 Å². The van der Waals surface area contributed by atoms with Crippen LogP contribution in [0.15, 0.2) is 41.3 Å². The lowest BCUT2D eigenvalue weighted by molar-refractivity contribution is -0.385. The van der Waals surface area contributed by atoms with Gasteiger partial charge in [-0.15, -0.1) is 0 Å². The molecule has 1 aliphatic heterocycles. The molecule has 0 aliphatic carbocycles. The van der Waals surface area contributed by atoms with Crippen molar-refractivity contribution in [2.75, 3.05) is 16.6 Å². The molecule has 1 heterocycles. The molecule has 10 heteroatoms. The largest absolute Gasteiger partial charge is 0.490 e. The van der Waals surface area contributed by atoms with Crippen LogP contribution in [0.3, 0.4) is 0 Å². The number of rotatable bonds is 4. The molecule has 0 spiro atoms. The first kappa shape index (κ1) is 19.6. The van der Waals surface area contributed by atoms with Crippen LogP contribution in [-0.4, -0.2) is 25.9 Å². The summed E-state index contributed by atoms with van der Waals surface area (Å²) in [6.07, 6.45) is 0. The van der Waals surface area contributed by atoms with Crippen molar-refractivity contribution in [1.29, 1.82) is 0 Å². The van der Waals surface area contributed by atoms with Gasteiger partial charge in [0.2, 0.25) is 5.91 Å². The number of hydrogen-bond donors (Lipinski definition) is 2. The van der Waals surface area contributed by atoms with Gasteiger partial charge < -0.3 is 10.1 Å². The second kappa shape index (κ2) is 6.79. The molecule has 148 valence electrons. The zero-order valence-corrected chi connectivity index (χ0v) is 16.3. The number of sulfonamides is 1. The molecule has 0 aromatic heterocycles. The molecule has 0 bridgehead atoms. The van der Waals surface area contributed by atoms with E-state index in [1.54, 1.807) is 26.8 Å². The minimum Gasteiger partial charge on any atom is -0.490 e. The Bertz CT molecular complexity index is 1080. The fourth-order valence-electron chi connectivity index (χ4n) is 2.63. The average Bonchev–Trinajstić information content (AvgIpc) is 2.71. The van der Waals surface area contributed by atoms with Gasteiger partial charge in [0.15, 0.2) is 0 Å². The van der Waals surface area contributed by atoms with Crippen molar-refractivity contribution in [2.45, 2.75) is 25.7 Å². The van der Waals surface area contributed by atoms with Crippen LogP contribution in [0.5, 0.6) is 5.75 Å². The third-order valence-corrected chi connectivity index (χ3v) is 5.88. The molecule has 0 radical (unpaired) electrons. The molecule has 2 aromatic rings. The van der Waals surface area contributed by atoms with E-state index in [0.717, 1.165) is 6.07 Å². The Balaban J connectivity index is 1.94. The fourth-order valence-corrected chi connectivity index (χ4v) is 3.95. The summed E-state index contributed by atoms with van der Waals surface area (Å²) in [6, 6.07) is 8.11. The second-order valence-corrected chi connectivity index (χ2v) is 8.80. The average molecular weight is 405 g/mol. The number of nitrogens with one attached hydrogen (secondary N) is 2. The SMILES string of the molecule is Cc1ccc([N+](=O)[O-])cc1S(=O)(=O)Nc1ccc2c(c1)NC(=O)C(C)(C)CO2. The number of carbonyl (C=O) groups excluding carboxylic acids is 1. The Labute approximate surface area is 161 Å².